The molecule has 1 aromatic carbocycles. The molecule has 0 radical (unpaired) electrons. The molecule has 1 saturated heterocycles. The minimum Gasteiger partial charge on any atom is -0.496 e. The molecule has 0 unspecified atom stereocenters. The topological polar surface area (TPSA) is 55.6 Å². The predicted octanol–water partition coefficient (Wildman–Crippen LogP) is 2.54. The molecule has 7 heteroatoms. The van der Waals surface area contributed by atoms with Gasteiger partial charge in [0.2, 0.25) is 0 Å². The second-order valence-electron chi connectivity index (χ2n) is 3.98. The van der Waals surface area contributed by atoms with Crippen molar-refractivity contribution in [2.75, 3.05) is 37.4 Å². The largest absolute Gasteiger partial charge is 0.496 e. The van der Waals surface area contributed by atoms with Crippen LogP contribution in [0.5, 0.6) is 5.75 Å². The Morgan fingerprint density at radius 1 is 1.42 bits per heavy atom. The Kier molecular flexibility index (Phi) is 6.10. The normalized spacial score (nSPS) is 14.7. The van der Waals surface area contributed by atoms with Gasteiger partial charge in [-0.25, -0.2) is 0 Å². The second-order valence-corrected chi connectivity index (χ2v) is 5.61. The first-order chi connectivity index (χ1) is 8.63. The van der Waals surface area contributed by atoms with Gasteiger partial charge < -0.3 is 15.4 Å². The Balaban J connectivity index is 0.00000180. The number of hydrogen-bond donors (Lipinski definition) is 1. The maximum Gasteiger partial charge on any atom is 0.257 e. The lowest BCUT2D eigenvalue weighted by atomic mass is 10.1. The van der Waals surface area contributed by atoms with Gasteiger partial charge in [0.05, 0.1) is 23.4 Å². The molecule has 19 heavy (non-hydrogen) atoms. The van der Waals surface area contributed by atoms with E-state index in [4.69, 9.17) is 22.1 Å². The zero-order valence-electron chi connectivity index (χ0n) is 10.5. The Morgan fingerprint density at radius 3 is 2.63 bits per heavy atom. The number of anilines is 1. The molecule has 4 nitrogen and oxygen atoms in total. The first-order valence-corrected chi connectivity index (χ1v) is 7.16. The van der Waals surface area contributed by atoms with E-state index in [0.29, 0.717) is 22.0 Å². The zero-order chi connectivity index (χ0) is 13.1. The van der Waals surface area contributed by atoms with E-state index in [2.05, 4.69) is 0 Å². The van der Waals surface area contributed by atoms with Crippen LogP contribution in [0, 0.1) is 0 Å². The average Bonchev–Trinajstić information content (AvgIpc) is 2.41. The van der Waals surface area contributed by atoms with Crippen molar-refractivity contribution in [2.45, 2.75) is 0 Å². The molecule has 0 saturated carbocycles. The number of nitrogen functional groups attached to an aromatic ring is 1. The summed E-state index contributed by atoms with van der Waals surface area (Å²) in [5.74, 6) is 2.36. The molecule has 0 aliphatic carbocycles. The molecule has 106 valence electrons. The van der Waals surface area contributed by atoms with Crippen LogP contribution in [0.3, 0.4) is 0 Å². The summed E-state index contributed by atoms with van der Waals surface area (Å²) in [4.78, 5) is 14.2. The summed E-state index contributed by atoms with van der Waals surface area (Å²) in [5, 5.41) is 0.380. The van der Waals surface area contributed by atoms with E-state index in [0.717, 1.165) is 24.6 Å². The third-order valence-corrected chi connectivity index (χ3v) is 4.12. The van der Waals surface area contributed by atoms with Crippen molar-refractivity contribution in [3.05, 3.63) is 22.7 Å². The lowest BCUT2D eigenvalue weighted by Crippen LogP contribution is -2.38. The van der Waals surface area contributed by atoms with Gasteiger partial charge in [0.25, 0.3) is 5.91 Å². The fourth-order valence-electron chi connectivity index (χ4n) is 1.84. The number of amides is 1. The number of methoxy groups -OCH3 is 1. The molecule has 0 spiro atoms. The van der Waals surface area contributed by atoms with Gasteiger partial charge in [-0.05, 0) is 6.07 Å². The van der Waals surface area contributed by atoms with Gasteiger partial charge in [-0.1, -0.05) is 11.6 Å². The number of carbonyl (C=O) groups excluding carboxylic acids is 1. The zero-order valence-corrected chi connectivity index (χ0v) is 12.9. The highest BCUT2D eigenvalue weighted by atomic mass is 35.5. The van der Waals surface area contributed by atoms with Crippen LogP contribution in [0.4, 0.5) is 5.69 Å². The van der Waals surface area contributed by atoms with E-state index >= 15 is 0 Å². The molecule has 1 fully saturated rings. The molecule has 0 bridgehead atoms. The third-order valence-electron chi connectivity index (χ3n) is 2.85. The smallest absolute Gasteiger partial charge is 0.257 e. The van der Waals surface area contributed by atoms with Crippen LogP contribution in [0.15, 0.2) is 12.1 Å². The number of hydrogen-bond acceptors (Lipinski definition) is 4. The second kappa shape index (κ2) is 7.12. The van der Waals surface area contributed by atoms with Crippen molar-refractivity contribution in [1.82, 2.24) is 4.90 Å². The van der Waals surface area contributed by atoms with Gasteiger partial charge in [0, 0.05) is 30.7 Å². The SMILES string of the molecule is COc1cc(N)c(Cl)cc1C(=O)N1CCSCC1.Cl. The van der Waals surface area contributed by atoms with E-state index in [1.54, 1.807) is 12.1 Å². The number of nitrogens with zero attached hydrogens (tertiary/aromatic N) is 1. The Morgan fingerprint density at radius 2 is 2.05 bits per heavy atom. The fourth-order valence-corrected chi connectivity index (χ4v) is 2.91. The summed E-state index contributed by atoms with van der Waals surface area (Å²) in [7, 11) is 1.52. The molecule has 0 aromatic heterocycles. The van der Waals surface area contributed by atoms with Crippen molar-refractivity contribution in [1.29, 1.82) is 0 Å². The number of ether oxygens (including phenoxy) is 1. The quantitative estimate of drug-likeness (QED) is 0.850. The average molecular weight is 323 g/mol. The highest BCUT2D eigenvalue weighted by molar-refractivity contribution is 7.99. The van der Waals surface area contributed by atoms with Gasteiger partial charge in [-0.15, -0.1) is 12.4 Å². The van der Waals surface area contributed by atoms with Crippen LogP contribution < -0.4 is 10.5 Å². The van der Waals surface area contributed by atoms with E-state index < -0.39 is 0 Å². The molecule has 1 heterocycles. The van der Waals surface area contributed by atoms with E-state index in [1.807, 2.05) is 16.7 Å². The molecule has 0 atom stereocenters. The lowest BCUT2D eigenvalue weighted by molar-refractivity contribution is 0.0769. The van der Waals surface area contributed by atoms with E-state index in [1.165, 1.54) is 7.11 Å². The van der Waals surface area contributed by atoms with E-state index in [9.17, 15) is 4.79 Å². The summed E-state index contributed by atoms with van der Waals surface area (Å²) < 4.78 is 5.20. The fraction of sp³-hybridized carbons (Fsp3) is 0.417. The number of halogens is 2. The molecule has 2 rings (SSSR count). The maximum atomic E-state index is 12.4. The summed E-state index contributed by atoms with van der Waals surface area (Å²) >= 11 is 7.83. The van der Waals surface area contributed by atoms with Crippen LogP contribution in [0.1, 0.15) is 10.4 Å². The number of benzene rings is 1. The number of thioether (sulfide) groups is 1. The summed E-state index contributed by atoms with van der Waals surface area (Å²) in [6, 6.07) is 3.17. The maximum absolute atomic E-state index is 12.4. The molecule has 1 aliphatic heterocycles. The number of rotatable bonds is 2. The standard InChI is InChI=1S/C12H15ClN2O2S.ClH/c1-17-11-7-10(14)9(13)6-8(11)12(16)15-2-4-18-5-3-15;/h6-7H,2-5,14H2,1H3;1H. The summed E-state index contributed by atoms with van der Waals surface area (Å²) in [5.41, 5.74) is 6.60. The Labute approximate surface area is 128 Å². The molecule has 1 aliphatic rings. The molecular formula is C12H16Cl2N2O2S. The van der Waals surface area contributed by atoms with Crippen molar-refractivity contribution in [2.24, 2.45) is 0 Å². The van der Waals surface area contributed by atoms with Crippen LogP contribution in [0.2, 0.25) is 5.02 Å². The first kappa shape index (κ1) is 16.3. The lowest BCUT2D eigenvalue weighted by Gasteiger charge is -2.27. The molecule has 1 amide bonds. The molecule has 1 aromatic rings. The number of nitrogens with two attached hydrogens (primary N) is 1. The van der Waals surface area contributed by atoms with Gasteiger partial charge in [-0.2, -0.15) is 11.8 Å². The first-order valence-electron chi connectivity index (χ1n) is 5.63. The van der Waals surface area contributed by atoms with Crippen LogP contribution in [-0.2, 0) is 0 Å². The van der Waals surface area contributed by atoms with Gasteiger partial charge >= 0.3 is 0 Å². The predicted molar refractivity (Wildman–Crippen MR) is 82.9 cm³/mol. The van der Waals surface area contributed by atoms with Crippen LogP contribution >= 0.6 is 35.8 Å². The van der Waals surface area contributed by atoms with Crippen molar-refractivity contribution >= 4 is 47.4 Å². The molecular weight excluding hydrogens is 307 g/mol. The highest BCUT2D eigenvalue weighted by Gasteiger charge is 2.22. The highest BCUT2D eigenvalue weighted by Crippen LogP contribution is 2.30. The summed E-state index contributed by atoms with van der Waals surface area (Å²) in [6.07, 6.45) is 0. The monoisotopic (exact) mass is 322 g/mol. The van der Waals surface area contributed by atoms with Crippen LogP contribution in [0.25, 0.3) is 0 Å². The van der Waals surface area contributed by atoms with Crippen molar-refractivity contribution < 1.29 is 9.53 Å². The number of carbonyl (C=O) groups is 1. The Bertz CT molecular complexity index is 465. The van der Waals surface area contributed by atoms with E-state index in [-0.39, 0.29) is 18.3 Å². The van der Waals surface area contributed by atoms with Gasteiger partial charge in [-0.3, -0.25) is 4.79 Å². The van der Waals surface area contributed by atoms with Gasteiger partial charge in [0.1, 0.15) is 5.75 Å². The Hall–Kier alpha value is -0.780. The van der Waals surface area contributed by atoms with Gasteiger partial charge in [0.15, 0.2) is 0 Å². The summed E-state index contributed by atoms with van der Waals surface area (Å²) in [6.45, 7) is 1.52. The molecule has 2 N–H and O–H groups in total. The van der Waals surface area contributed by atoms with Crippen molar-refractivity contribution in [3.63, 3.8) is 0 Å². The third kappa shape index (κ3) is 3.61. The minimum absolute atomic E-state index is 0. The van der Waals surface area contributed by atoms with Crippen LogP contribution in [-0.4, -0.2) is 42.5 Å². The van der Waals surface area contributed by atoms with Crippen molar-refractivity contribution in [3.8, 4) is 5.75 Å². The minimum atomic E-state index is -0.0472.